The van der Waals surface area contributed by atoms with Gasteiger partial charge in [0.05, 0.1) is 0 Å². The molecule has 0 aromatic heterocycles. The molecule has 18 heavy (non-hydrogen) atoms. The van der Waals surface area contributed by atoms with Crippen LogP contribution in [-0.4, -0.2) is 50.2 Å². The smallest absolute Gasteiger partial charge is 0.0107 e. The zero-order valence-electron chi connectivity index (χ0n) is 12.1. The Kier molecular flexibility index (Phi) is 6.46. The van der Waals surface area contributed by atoms with Gasteiger partial charge in [-0.25, -0.2) is 0 Å². The molecule has 2 aliphatic rings. The molecule has 1 saturated carbocycles. The van der Waals surface area contributed by atoms with E-state index in [-0.39, 0.29) is 0 Å². The lowest BCUT2D eigenvalue weighted by atomic mass is 10.0. The fourth-order valence-corrected chi connectivity index (χ4v) is 3.24. The van der Waals surface area contributed by atoms with E-state index >= 15 is 0 Å². The normalized spacial score (nSPS) is 31.8. The van der Waals surface area contributed by atoms with Gasteiger partial charge in [0.25, 0.3) is 0 Å². The second-order valence-electron chi connectivity index (χ2n) is 6.21. The van der Waals surface area contributed by atoms with Crippen molar-refractivity contribution in [3.05, 3.63) is 0 Å². The summed E-state index contributed by atoms with van der Waals surface area (Å²) in [4.78, 5) is 2.60. The van der Waals surface area contributed by atoms with Crippen LogP contribution in [0.25, 0.3) is 0 Å². The van der Waals surface area contributed by atoms with E-state index < -0.39 is 0 Å². The highest BCUT2D eigenvalue weighted by Gasteiger charge is 2.16. The summed E-state index contributed by atoms with van der Waals surface area (Å²) in [6, 6.07) is 0.792. The molecule has 0 bridgehead atoms. The molecule has 3 nitrogen and oxygen atoms in total. The highest BCUT2D eigenvalue weighted by Crippen LogP contribution is 2.22. The standard InChI is InChI=1S/C15H31N3/c1-14-4-2-5-15(7-6-14)17-10-13-18-11-3-8-16-9-12-18/h14-17H,2-13H2,1H3. The van der Waals surface area contributed by atoms with E-state index in [0.29, 0.717) is 0 Å². The molecule has 1 aliphatic carbocycles. The van der Waals surface area contributed by atoms with Gasteiger partial charge in [-0.05, 0) is 44.7 Å². The van der Waals surface area contributed by atoms with Gasteiger partial charge < -0.3 is 15.5 Å². The zero-order valence-corrected chi connectivity index (χ0v) is 12.1. The molecule has 2 N–H and O–H groups in total. The van der Waals surface area contributed by atoms with Crippen LogP contribution in [0.5, 0.6) is 0 Å². The number of hydrogen-bond donors (Lipinski definition) is 2. The Morgan fingerprint density at radius 2 is 2.00 bits per heavy atom. The van der Waals surface area contributed by atoms with Gasteiger partial charge in [-0.2, -0.15) is 0 Å². The molecule has 2 fully saturated rings. The highest BCUT2D eigenvalue weighted by molar-refractivity contribution is 4.74. The lowest BCUT2D eigenvalue weighted by Gasteiger charge is -2.22. The number of hydrogen-bond acceptors (Lipinski definition) is 3. The fraction of sp³-hybridized carbons (Fsp3) is 1.00. The Hall–Kier alpha value is -0.120. The van der Waals surface area contributed by atoms with Crippen molar-refractivity contribution in [2.24, 2.45) is 5.92 Å². The van der Waals surface area contributed by atoms with Gasteiger partial charge in [0.2, 0.25) is 0 Å². The fourth-order valence-electron chi connectivity index (χ4n) is 3.24. The van der Waals surface area contributed by atoms with Crippen LogP contribution in [0, 0.1) is 5.92 Å². The minimum absolute atomic E-state index is 0.792. The molecular formula is C15H31N3. The SMILES string of the molecule is CC1CCCC(NCCN2CCCNCC2)CC1. The second kappa shape index (κ2) is 8.13. The monoisotopic (exact) mass is 253 g/mol. The molecule has 0 radical (unpaired) electrons. The van der Waals surface area contributed by atoms with E-state index in [4.69, 9.17) is 0 Å². The zero-order chi connectivity index (χ0) is 12.6. The first kappa shape index (κ1) is 14.3. The molecule has 2 atom stereocenters. The Labute approximate surface area is 113 Å². The van der Waals surface area contributed by atoms with Crippen molar-refractivity contribution in [1.82, 2.24) is 15.5 Å². The summed E-state index contributed by atoms with van der Waals surface area (Å²) in [5.41, 5.74) is 0. The Morgan fingerprint density at radius 1 is 1.06 bits per heavy atom. The third kappa shape index (κ3) is 5.25. The van der Waals surface area contributed by atoms with Gasteiger partial charge in [-0.1, -0.05) is 19.8 Å². The molecule has 106 valence electrons. The highest BCUT2D eigenvalue weighted by atomic mass is 15.2. The summed E-state index contributed by atoms with van der Waals surface area (Å²) in [6.07, 6.45) is 8.38. The van der Waals surface area contributed by atoms with Crippen LogP contribution in [0.4, 0.5) is 0 Å². The Bertz CT molecular complexity index is 212. The van der Waals surface area contributed by atoms with Crippen LogP contribution in [0.2, 0.25) is 0 Å². The van der Waals surface area contributed by atoms with E-state index in [9.17, 15) is 0 Å². The number of nitrogens with zero attached hydrogens (tertiary/aromatic N) is 1. The number of rotatable bonds is 4. The van der Waals surface area contributed by atoms with Crippen LogP contribution in [0.1, 0.15) is 45.4 Å². The Balaban J connectivity index is 1.59. The summed E-state index contributed by atoms with van der Waals surface area (Å²) in [7, 11) is 0. The summed E-state index contributed by atoms with van der Waals surface area (Å²) in [6.45, 7) is 9.69. The third-order valence-electron chi connectivity index (χ3n) is 4.55. The van der Waals surface area contributed by atoms with Gasteiger partial charge in [0, 0.05) is 32.2 Å². The quantitative estimate of drug-likeness (QED) is 0.749. The van der Waals surface area contributed by atoms with E-state index in [2.05, 4.69) is 22.5 Å². The molecule has 0 aromatic rings. The van der Waals surface area contributed by atoms with Crippen molar-refractivity contribution in [2.45, 2.75) is 51.5 Å². The van der Waals surface area contributed by atoms with Crippen LogP contribution in [-0.2, 0) is 0 Å². The predicted octanol–water partition coefficient (Wildman–Crippen LogP) is 1.84. The molecule has 2 rings (SSSR count). The minimum Gasteiger partial charge on any atom is -0.315 e. The topological polar surface area (TPSA) is 27.3 Å². The Morgan fingerprint density at radius 3 is 2.94 bits per heavy atom. The van der Waals surface area contributed by atoms with Crippen molar-refractivity contribution < 1.29 is 0 Å². The lowest BCUT2D eigenvalue weighted by molar-refractivity contribution is 0.282. The lowest BCUT2D eigenvalue weighted by Crippen LogP contribution is -2.38. The van der Waals surface area contributed by atoms with Crippen LogP contribution < -0.4 is 10.6 Å². The van der Waals surface area contributed by atoms with Gasteiger partial charge in [0.15, 0.2) is 0 Å². The maximum absolute atomic E-state index is 3.79. The maximum atomic E-state index is 3.79. The largest absolute Gasteiger partial charge is 0.315 e. The first-order chi connectivity index (χ1) is 8.84. The van der Waals surface area contributed by atoms with Crippen LogP contribution >= 0.6 is 0 Å². The molecule has 0 aromatic carbocycles. The molecule has 1 aliphatic heterocycles. The maximum Gasteiger partial charge on any atom is 0.0107 e. The van der Waals surface area contributed by atoms with Gasteiger partial charge in [-0.15, -0.1) is 0 Å². The minimum atomic E-state index is 0.792. The molecule has 1 saturated heterocycles. The van der Waals surface area contributed by atoms with E-state index in [1.54, 1.807) is 0 Å². The van der Waals surface area contributed by atoms with Gasteiger partial charge >= 0.3 is 0 Å². The number of nitrogens with one attached hydrogen (secondary N) is 2. The second-order valence-corrected chi connectivity index (χ2v) is 6.21. The average molecular weight is 253 g/mol. The summed E-state index contributed by atoms with van der Waals surface area (Å²) in [5, 5.41) is 7.26. The first-order valence-corrected chi connectivity index (χ1v) is 8.01. The molecule has 1 heterocycles. The van der Waals surface area contributed by atoms with Crippen LogP contribution in [0.15, 0.2) is 0 Å². The van der Waals surface area contributed by atoms with E-state index in [0.717, 1.165) is 12.0 Å². The molecule has 0 spiro atoms. The van der Waals surface area contributed by atoms with Crippen molar-refractivity contribution in [3.63, 3.8) is 0 Å². The predicted molar refractivity (Wildman–Crippen MR) is 78.0 cm³/mol. The third-order valence-corrected chi connectivity index (χ3v) is 4.55. The van der Waals surface area contributed by atoms with Crippen molar-refractivity contribution >= 4 is 0 Å². The van der Waals surface area contributed by atoms with Crippen molar-refractivity contribution in [2.75, 3.05) is 39.3 Å². The van der Waals surface area contributed by atoms with Gasteiger partial charge in [0.1, 0.15) is 0 Å². The van der Waals surface area contributed by atoms with E-state index in [1.807, 2.05) is 0 Å². The van der Waals surface area contributed by atoms with E-state index in [1.165, 1.54) is 77.8 Å². The molecular weight excluding hydrogens is 222 g/mol. The first-order valence-electron chi connectivity index (χ1n) is 8.01. The van der Waals surface area contributed by atoms with Gasteiger partial charge in [-0.3, -0.25) is 0 Å². The summed E-state index contributed by atoms with van der Waals surface area (Å²) >= 11 is 0. The van der Waals surface area contributed by atoms with Crippen molar-refractivity contribution in [1.29, 1.82) is 0 Å². The van der Waals surface area contributed by atoms with Crippen molar-refractivity contribution in [3.8, 4) is 0 Å². The molecule has 0 amide bonds. The summed E-state index contributed by atoms with van der Waals surface area (Å²) in [5.74, 6) is 0.952. The molecule has 2 unspecified atom stereocenters. The average Bonchev–Trinajstić information content (AvgIpc) is 2.73. The molecule has 3 heteroatoms. The summed E-state index contributed by atoms with van der Waals surface area (Å²) < 4.78 is 0. The van der Waals surface area contributed by atoms with Crippen LogP contribution in [0.3, 0.4) is 0 Å².